The maximum Gasteiger partial charge on any atom is 0.254 e. The molecule has 13 heavy (non-hydrogen) atoms. The zero-order valence-corrected chi connectivity index (χ0v) is 7.36. The minimum Gasteiger partial charge on any atom is -0.331 e. The van der Waals surface area contributed by atoms with E-state index in [1.54, 1.807) is 0 Å². The van der Waals surface area contributed by atoms with Gasteiger partial charge in [0, 0.05) is 18.2 Å². The third-order valence-electron chi connectivity index (χ3n) is 2.84. The van der Waals surface area contributed by atoms with E-state index in [4.69, 9.17) is 0 Å². The number of hydrogen-bond acceptors (Lipinski definition) is 1. The summed E-state index contributed by atoms with van der Waals surface area (Å²) in [6.07, 6.45) is 2.39. The zero-order chi connectivity index (χ0) is 8.84. The molecule has 1 fully saturated rings. The van der Waals surface area contributed by atoms with E-state index in [0.717, 1.165) is 12.1 Å². The van der Waals surface area contributed by atoms with E-state index in [9.17, 15) is 4.79 Å². The van der Waals surface area contributed by atoms with Crippen LogP contribution in [0.15, 0.2) is 24.3 Å². The molecule has 0 saturated heterocycles. The molecule has 0 bridgehead atoms. The number of amides is 1. The highest BCUT2D eigenvalue weighted by Crippen LogP contribution is 2.34. The van der Waals surface area contributed by atoms with Gasteiger partial charge in [-0.15, -0.1) is 0 Å². The first-order chi connectivity index (χ1) is 6.36. The average molecular weight is 173 g/mol. The second-order valence-electron chi connectivity index (χ2n) is 3.82. The van der Waals surface area contributed by atoms with Crippen LogP contribution in [0, 0.1) is 0 Å². The van der Waals surface area contributed by atoms with Crippen molar-refractivity contribution < 1.29 is 4.79 Å². The van der Waals surface area contributed by atoms with Crippen LogP contribution in [0.5, 0.6) is 0 Å². The van der Waals surface area contributed by atoms with Crippen molar-refractivity contribution in [3.63, 3.8) is 0 Å². The van der Waals surface area contributed by atoms with Crippen LogP contribution in [0.25, 0.3) is 0 Å². The quantitative estimate of drug-likeness (QED) is 0.634. The fourth-order valence-electron chi connectivity index (χ4n) is 1.96. The van der Waals surface area contributed by atoms with Gasteiger partial charge >= 0.3 is 0 Å². The SMILES string of the molecule is O=C1c2ccccc2CN1C1CC1. The van der Waals surface area contributed by atoms with Crippen LogP contribution in [0.4, 0.5) is 0 Å². The van der Waals surface area contributed by atoms with Crippen molar-refractivity contribution in [2.24, 2.45) is 0 Å². The minimum atomic E-state index is 0.234. The Balaban J connectivity index is 2.01. The smallest absolute Gasteiger partial charge is 0.254 e. The van der Waals surface area contributed by atoms with Gasteiger partial charge in [-0.3, -0.25) is 4.79 Å². The van der Waals surface area contributed by atoms with E-state index < -0.39 is 0 Å². The van der Waals surface area contributed by atoms with Gasteiger partial charge in [0.25, 0.3) is 5.91 Å². The number of carbonyl (C=O) groups is 1. The van der Waals surface area contributed by atoms with Crippen molar-refractivity contribution in [2.45, 2.75) is 25.4 Å². The summed E-state index contributed by atoms with van der Waals surface area (Å²) >= 11 is 0. The van der Waals surface area contributed by atoms with E-state index >= 15 is 0 Å². The predicted molar refractivity (Wildman–Crippen MR) is 49.3 cm³/mol. The Morgan fingerprint density at radius 1 is 1.23 bits per heavy atom. The fourth-order valence-corrected chi connectivity index (χ4v) is 1.96. The second-order valence-corrected chi connectivity index (χ2v) is 3.82. The highest BCUT2D eigenvalue weighted by Gasteiger charge is 2.37. The Kier molecular flexibility index (Phi) is 1.29. The topological polar surface area (TPSA) is 20.3 Å². The first-order valence-electron chi connectivity index (χ1n) is 4.75. The molecular formula is C11H11NO. The van der Waals surface area contributed by atoms with Gasteiger partial charge in [-0.25, -0.2) is 0 Å². The molecule has 0 radical (unpaired) electrons. The fraction of sp³-hybridized carbons (Fsp3) is 0.364. The van der Waals surface area contributed by atoms with E-state index in [0.29, 0.717) is 6.04 Å². The van der Waals surface area contributed by atoms with Gasteiger partial charge in [0.2, 0.25) is 0 Å². The second kappa shape index (κ2) is 2.34. The molecule has 1 saturated carbocycles. The normalized spacial score (nSPS) is 20.6. The molecule has 0 spiro atoms. The average Bonchev–Trinajstić information content (AvgIpc) is 2.94. The Hall–Kier alpha value is -1.31. The van der Waals surface area contributed by atoms with E-state index in [1.807, 2.05) is 23.1 Å². The van der Waals surface area contributed by atoms with Gasteiger partial charge < -0.3 is 4.90 Å². The van der Waals surface area contributed by atoms with Gasteiger partial charge in [0.15, 0.2) is 0 Å². The van der Waals surface area contributed by atoms with Crippen LogP contribution >= 0.6 is 0 Å². The summed E-state index contributed by atoms with van der Waals surface area (Å²) in [5.74, 6) is 0.234. The number of rotatable bonds is 1. The molecule has 2 nitrogen and oxygen atoms in total. The molecule has 0 N–H and O–H groups in total. The lowest BCUT2D eigenvalue weighted by atomic mass is 10.1. The molecule has 1 amide bonds. The predicted octanol–water partition coefficient (Wildman–Crippen LogP) is 1.80. The van der Waals surface area contributed by atoms with Gasteiger partial charge in [0.05, 0.1) is 0 Å². The summed E-state index contributed by atoms with van der Waals surface area (Å²) in [6, 6.07) is 8.46. The molecule has 1 heterocycles. The Bertz CT molecular complexity index is 368. The van der Waals surface area contributed by atoms with Crippen molar-refractivity contribution in [1.29, 1.82) is 0 Å². The third kappa shape index (κ3) is 0.981. The van der Waals surface area contributed by atoms with E-state index in [2.05, 4.69) is 6.07 Å². The Morgan fingerprint density at radius 2 is 2.00 bits per heavy atom. The molecule has 2 aliphatic rings. The molecule has 0 aromatic heterocycles. The maximum absolute atomic E-state index is 11.8. The first-order valence-corrected chi connectivity index (χ1v) is 4.75. The standard InChI is InChI=1S/C11H11NO/c13-11-10-4-2-1-3-8(10)7-12(11)9-5-6-9/h1-4,9H,5-7H2. The summed E-state index contributed by atoms with van der Waals surface area (Å²) in [7, 11) is 0. The minimum absolute atomic E-state index is 0.234. The largest absolute Gasteiger partial charge is 0.331 e. The number of fused-ring (bicyclic) bond motifs is 1. The zero-order valence-electron chi connectivity index (χ0n) is 7.36. The van der Waals surface area contributed by atoms with Gasteiger partial charge in [-0.05, 0) is 24.5 Å². The van der Waals surface area contributed by atoms with Gasteiger partial charge in [-0.2, -0.15) is 0 Å². The highest BCUT2D eigenvalue weighted by atomic mass is 16.2. The number of benzene rings is 1. The van der Waals surface area contributed by atoms with Crippen molar-refractivity contribution in [3.8, 4) is 0 Å². The first kappa shape index (κ1) is 7.13. The molecule has 1 aliphatic carbocycles. The van der Waals surface area contributed by atoms with Crippen molar-refractivity contribution in [2.75, 3.05) is 0 Å². The maximum atomic E-state index is 11.8. The summed E-state index contributed by atoms with van der Waals surface area (Å²) < 4.78 is 0. The Morgan fingerprint density at radius 3 is 2.69 bits per heavy atom. The molecule has 0 atom stereocenters. The number of hydrogen-bond donors (Lipinski definition) is 0. The molecule has 2 heteroatoms. The molecule has 66 valence electrons. The molecule has 1 aliphatic heterocycles. The van der Waals surface area contributed by atoms with E-state index in [1.165, 1.54) is 18.4 Å². The number of carbonyl (C=O) groups excluding carboxylic acids is 1. The van der Waals surface area contributed by atoms with Crippen LogP contribution in [0.3, 0.4) is 0 Å². The third-order valence-corrected chi connectivity index (χ3v) is 2.84. The molecule has 1 aromatic rings. The van der Waals surface area contributed by atoms with Crippen LogP contribution in [0.2, 0.25) is 0 Å². The van der Waals surface area contributed by atoms with Crippen molar-refractivity contribution >= 4 is 5.91 Å². The van der Waals surface area contributed by atoms with Crippen LogP contribution < -0.4 is 0 Å². The molecule has 3 rings (SSSR count). The van der Waals surface area contributed by atoms with Crippen LogP contribution in [-0.4, -0.2) is 16.8 Å². The lowest BCUT2D eigenvalue weighted by Crippen LogP contribution is -2.25. The summed E-state index contributed by atoms with van der Waals surface area (Å²) in [5.41, 5.74) is 2.11. The summed E-state index contributed by atoms with van der Waals surface area (Å²) in [4.78, 5) is 13.8. The summed E-state index contributed by atoms with van der Waals surface area (Å²) in [5, 5.41) is 0. The summed E-state index contributed by atoms with van der Waals surface area (Å²) in [6.45, 7) is 0.833. The molecular weight excluding hydrogens is 162 g/mol. The van der Waals surface area contributed by atoms with Crippen molar-refractivity contribution in [1.82, 2.24) is 4.90 Å². The highest BCUT2D eigenvalue weighted by molar-refractivity contribution is 5.98. The van der Waals surface area contributed by atoms with Crippen LogP contribution in [-0.2, 0) is 6.54 Å². The van der Waals surface area contributed by atoms with Crippen LogP contribution in [0.1, 0.15) is 28.8 Å². The monoisotopic (exact) mass is 173 g/mol. The van der Waals surface area contributed by atoms with E-state index in [-0.39, 0.29) is 5.91 Å². The Labute approximate surface area is 77.2 Å². The molecule has 1 aromatic carbocycles. The lowest BCUT2D eigenvalue weighted by molar-refractivity contribution is 0.0766. The number of nitrogens with zero attached hydrogens (tertiary/aromatic N) is 1. The lowest BCUT2D eigenvalue weighted by Gasteiger charge is -2.13. The van der Waals surface area contributed by atoms with Gasteiger partial charge in [0.1, 0.15) is 0 Å². The van der Waals surface area contributed by atoms with Gasteiger partial charge in [-0.1, -0.05) is 18.2 Å². The molecule has 0 unspecified atom stereocenters. The van der Waals surface area contributed by atoms with Crippen molar-refractivity contribution in [3.05, 3.63) is 35.4 Å².